The smallest absolute Gasteiger partial charge is 0.410 e. The molecule has 0 spiro atoms. The number of hydrogen-bond acceptors (Lipinski definition) is 6. The van der Waals surface area contributed by atoms with Crippen molar-refractivity contribution in [3.05, 3.63) is 60.0 Å². The lowest BCUT2D eigenvalue weighted by Crippen LogP contribution is -2.42. The van der Waals surface area contributed by atoms with Crippen molar-refractivity contribution >= 4 is 17.6 Å². The highest BCUT2D eigenvalue weighted by Gasteiger charge is 2.28. The molecule has 5 rings (SSSR count). The van der Waals surface area contributed by atoms with Crippen LogP contribution < -0.4 is 10.6 Å². The van der Waals surface area contributed by atoms with Crippen LogP contribution in [-0.4, -0.2) is 51.0 Å². The van der Waals surface area contributed by atoms with Crippen molar-refractivity contribution in [1.29, 1.82) is 0 Å². The number of anilines is 2. The number of likely N-dealkylation sites (tertiary alicyclic amines) is 1. The number of carbonyl (C=O) groups is 1. The van der Waals surface area contributed by atoms with Gasteiger partial charge in [0.05, 0.1) is 17.9 Å². The minimum Gasteiger partial charge on any atom is -0.444 e. The summed E-state index contributed by atoms with van der Waals surface area (Å²) in [6, 6.07) is 11.0. The van der Waals surface area contributed by atoms with E-state index in [2.05, 4.69) is 51.5 Å². The SMILES string of the molecule is CC(C)(C)OC(=O)N1CCC(n2cc(-c3cnc(N)c(N4CCc5ccccc5C4)c3)cn2)CC1. The van der Waals surface area contributed by atoms with Crippen LogP contribution in [0.3, 0.4) is 0 Å². The van der Waals surface area contributed by atoms with Gasteiger partial charge in [-0.2, -0.15) is 5.10 Å². The van der Waals surface area contributed by atoms with Crippen LogP contribution in [0.1, 0.15) is 50.8 Å². The lowest BCUT2D eigenvalue weighted by atomic mass is 9.99. The molecule has 1 amide bonds. The molecule has 35 heavy (non-hydrogen) atoms. The quantitative estimate of drug-likeness (QED) is 0.594. The molecule has 0 bridgehead atoms. The average Bonchev–Trinajstić information content (AvgIpc) is 3.33. The normalized spacial score (nSPS) is 16.8. The van der Waals surface area contributed by atoms with Crippen molar-refractivity contribution in [3.8, 4) is 11.1 Å². The van der Waals surface area contributed by atoms with Crippen molar-refractivity contribution in [2.45, 2.75) is 58.2 Å². The van der Waals surface area contributed by atoms with Gasteiger partial charge in [-0.1, -0.05) is 24.3 Å². The third-order valence-corrected chi connectivity index (χ3v) is 6.79. The summed E-state index contributed by atoms with van der Waals surface area (Å²) in [4.78, 5) is 21.0. The van der Waals surface area contributed by atoms with E-state index in [9.17, 15) is 4.79 Å². The number of ether oxygens (including phenoxy) is 1. The number of aromatic nitrogens is 3. The van der Waals surface area contributed by atoms with Crippen LogP contribution in [0, 0.1) is 0 Å². The van der Waals surface area contributed by atoms with Crippen LogP contribution in [-0.2, 0) is 17.7 Å². The Bertz CT molecular complexity index is 1210. The number of rotatable bonds is 3. The van der Waals surface area contributed by atoms with Crippen LogP contribution >= 0.6 is 0 Å². The first kappa shape index (κ1) is 23.2. The highest BCUT2D eigenvalue weighted by molar-refractivity contribution is 5.73. The Morgan fingerprint density at radius 2 is 1.80 bits per heavy atom. The second kappa shape index (κ2) is 9.24. The van der Waals surface area contributed by atoms with Gasteiger partial charge < -0.3 is 20.3 Å². The Kier molecular flexibility index (Phi) is 6.13. The maximum Gasteiger partial charge on any atom is 0.410 e. The van der Waals surface area contributed by atoms with Gasteiger partial charge in [-0.25, -0.2) is 9.78 Å². The lowest BCUT2D eigenvalue weighted by Gasteiger charge is -2.33. The van der Waals surface area contributed by atoms with Gasteiger partial charge in [0.25, 0.3) is 0 Å². The Morgan fingerprint density at radius 3 is 2.54 bits per heavy atom. The molecular weight excluding hydrogens is 440 g/mol. The van der Waals surface area contributed by atoms with Gasteiger partial charge in [0, 0.05) is 49.7 Å². The molecule has 1 aromatic carbocycles. The fourth-order valence-electron chi connectivity index (χ4n) is 4.90. The zero-order chi connectivity index (χ0) is 24.6. The fraction of sp³-hybridized carbons (Fsp3) is 0.444. The van der Waals surface area contributed by atoms with E-state index in [1.807, 2.05) is 37.8 Å². The predicted octanol–water partition coefficient (Wildman–Crippen LogP) is 4.66. The van der Waals surface area contributed by atoms with Gasteiger partial charge in [-0.05, 0) is 57.2 Å². The molecule has 0 radical (unpaired) electrons. The summed E-state index contributed by atoms with van der Waals surface area (Å²) in [5, 5.41) is 4.65. The molecule has 3 aromatic rings. The first-order valence-corrected chi connectivity index (χ1v) is 12.4. The van der Waals surface area contributed by atoms with Crippen molar-refractivity contribution < 1.29 is 9.53 Å². The van der Waals surface area contributed by atoms with Gasteiger partial charge >= 0.3 is 6.09 Å². The largest absolute Gasteiger partial charge is 0.444 e. The Hall–Kier alpha value is -3.55. The maximum absolute atomic E-state index is 12.4. The number of pyridine rings is 1. The van der Waals surface area contributed by atoms with Gasteiger partial charge in [0.1, 0.15) is 11.4 Å². The molecule has 184 valence electrons. The van der Waals surface area contributed by atoms with E-state index in [-0.39, 0.29) is 12.1 Å². The third kappa shape index (κ3) is 5.11. The van der Waals surface area contributed by atoms with Gasteiger partial charge in [-0.3, -0.25) is 4.68 Å². The molecule has 8 nitrogen and oxygen atoms in total. The first-order valence-electron chi connectivity index (χ1n) is 12.4. The van der Waals surface area contributed by atoms with Crippen LogP contribution in [0.4, 0.5) is 16.3 Å². The average molecular weight is 475 g/mol. The summed E-state index contributed by atoms with van der Waals surface area (Å²) in [5.74, 6) is 0.551. The minimum atomic E-state index is -0.478. The Balaban J connectivity index is 1.27. The molecule has 2 aliphatic rings. The molecule has 1 saturated heterocycles. The maximum atomic E-state index is 12.4. The Labute approximate surface area is 206 Å². The molecule has 2 N–H and O–H groups in total. The highest BCUT2D eigenvalue weighted by atomic mass is 16.6. The molecule has 0 aliphatic carbocycles. The first-order chi connectivity index (χ1) is 16.8. The van der Waals surface area contributed by atoms with Gasteiger partial charge in [-0.15, -0.1) is 0 Å². The highest BCUT2D eigenvalue weighted by Crippen LogP contribution is 2.32. The third-order valence-electron chi connectivity index (χ3n) is 6.79. The van der Waals surface area contributed by atoms with E-state index in [0.717, 1.165) is 49.2 Å². The number of carbonyl (C=O) groups excluding carboxylic acids is 1. The number of nitrogen functional groups attached to an aromatic ring is 1. The van der Waals surface area contributed by atoms with E-state index >= 15 is 0 Å². The van der Waals surface area contributed by atoms with Crippen molar-refractivity contribution in [2.75, 3.05) is 30.3 Å². The summed E-state index contributed by atoms with van der Waals surface area (Å²) < 4.78 is 7.54. The van der Waals surface area contributed by atoms with Crippen molar-refractivity contribution in [3.63, 3.8) is 0 Å². The number of amides is 1. The molecule has 0 saturated carbocycles. The molecule has 2 aromatic heterocycles. The Morgan fingerprint density at radius 1 is 1.06 bits per heavy atom. The second-order valence-electron chi connectivity index (χ2n) is 10.5. The minimum absolute atomic E-state index is 0.238. The summed E-state index contributed by atoms with van der Waals surface area (Å²) in [7, 11) is 0. The fourth-order valence-corrected chi connectivity index (χ4v) is 4.90. The van der Waals surface area contributed by atoms with Crippen molar-refractivity contribution in [1.82, 2.24) is 19.7 Å². The number of piperidine rings is 1. The van der Waals surface area contributed by atoms with Crippen molar-refractivity contribution in [2.24, 2.45) is 0 Å². The predicted molar refractivity (Wildman–Crippen MR) is 137 cm³/mol. The number of benzene rings is 1. The van der Waals surface area contributed by atoms with E-state index in [1.54, 1.807) is 4.90 Å². The molecule has 4 heterocycles. The molecule has 0 unspecified atom stereocenters. The van der Waals surface area contributed by atoms with E-state index < -0.39 is 5.60 Å². The summed E-state index contributed by atoms with van der Waals surface area (Å²) >= 11 is 0. The molecule has 1 fully saturated rings. The number of nitrogens with two attached hydrogens (primary N) is 1. The van der Waals surface area contributed by atoms with E-state index in [4.69, 9.17) is 10.5 Å². The summed E-state index contributed by atoms with van der Waals surface area (Å²) in [6.45, 7) is 8.76. The topological polar surface area (TPSA) is 89.5 Å². The molecular formula is C27H34N6O2. The van der Waals surface area contributed by atoms with Gasteiger partial charge in [0.2, 0.25) is 0 Å². The van der Waals surface area contributed by atoms with Crippen LogP contribution in [0.25, 0.3) is 11.1 Å². The standard InChI is InChI=1S/C27H34N6O2/c1-27(2,3)35-26(34)31-12-9-23(10-13-31)33-18-22(16-30-33)21-14-24(25(28)29-15-21)32-11-8-19-6-4-5-7-20(19)17-32/h4-7,14-16,18,23H,8-13,17H2,1-3H3,(H2,28,29). The zero-order valence-corrected chi connectivity index (χ0v) is 20.8. The molecule has 0 atom stereocenters. The van der Waals surface area contributed by atoms with E-state index in [1.165, 1.54) is 11.1 Å². The molecule has 8 heteroatoms. The van der Waals surface area contributed by atoms with Crippen LogP contribution in [0.15, 0.2) is 48.9 Å². The second-order valence-corrected chi connectivity index (χ2v) is 10.5. The summed E-state index contributed by atoms with van der Waals surface area (Å²) in [5.41, 5.74) is 11.6. The van der Waals surface area contributed by atoms with Crippen LogP contribution in [0.5, 0.6) is 0 Å². The lowest BCUT2D eigenvalue weighted by molar-refractivity contribution is 0.0185. The number of nitrogens with zero attached hydrogens (tertiary/aromatic N) is 5. The zero-order valence-electron chi connectivity index (χ0n) is 20.8. The number of fused-ring (bicyclic) bond motifs is 1. The van der Waals surface area contributed by atoms with Crippen LogP contribution in [0.2, 0.25) is 0 Å². The number of hydrogen-bond donors (Lipinski definition) is 1. The molecule has 2 aliphatic heterocycles. The van der Waals surface area contributed by atoms with E-state index in [0.29, 0.717) is 18.9 Å². The summed E-state index contributed by atoms with van der Waals surface area (Å²) in [6.07, 6.45) is 8.25. The monoisotopic (exact) mass is 474 g/mol. The van der Waals surface area contributed by atoms with Gasteiger partial charge in [0.15, 0.2) is 0 Å².